The molecule has 1 unspecified atom stereocenters. The zero-order valence-corrected chi connectivity index (χ0v) is 20.5. The van der Waals surface area contributed by atoms with Gasteiger partial charge in [0.2, 0.25) is 10.0 Å². The fourth-order valence-corrected chi connectivity index (χ4v) is 4.96. The number of hydrogen-bond donors (Lipinski definition) is 1. The highest BCUT2D eigenvalue weighted by atomic mass is 32.2. The topological polar surface area (TPSA) is 111 Å². The average molecular weight is 498 g/mol. The van der Waals surface area contributed by atoms with E-state index in [0.717, 1.165) is 19.6 Å². The number of fused-ring (bicyclic) bond motifs is 2. The molecule has 0 saturated heterocycles. The number of nitrogens with zero attached hydrogens (tertiary/aromatic N) is 3. The van der Waals surface area contributed by atoms with E-state index in [9.17, 15) is 23.1 Å². The zero-order chi connectivity index (χ0) is 25.3. The lowest BCUT2D eigenvalue weighted by molar-refractivity contribution is 0.0932. The molecule has 1 aromatic heterocycles. The predicted octanol–water partition coefficient (Wildman–Crippen LogP) is 2.03. The molecule has 4 rings (SSSR count). The molecule has 9 nitrogen and oxygen atoms in total. The minimum atomic E-state index is -3.78. The van der Waals surface area contributed by atoms with Gasteiger partial charge in [0.25, 0.3) is 0 Å². The van der Waals surface area contributed by atoms with E-state index in [0.29, 0.717) is 11.3 Å². The predicted molar refractivity (Wildman–Crippen MR) is 134 cm³/mol. The van der Waals surface area contributed by atoms with Crippen LogP contribution in [0.1, 0.15) is 6.92 Å². The molecule has 3 aromatic carbocycles. The lowest BCUT2D eigenvalue weighted by atomic mass is 10.1. The molecule has 0 aliphatic heterocycles. The Balaban J connectivity index is 1.72. The van der Waals surface area contributed by atoms with E-state index in [1.807, 2.05) is 36.4 Å². The Hall–Kier alpha value is -3.47. The highest BCUT2D eigenvalue weighted by Gasteiger charge is 2.21. The van der Waals surface area contributed by atoms with Gasteiger partial charge in [-0.2, -0.15) is 0 Å². The Kier molecular flexibility index (Phi) is 6.79. The van der Waals surface area contributed by atoms with Crippen molar-refractivity contribution in [3.8, 4) is 5.75 Å². The van der Waals surface area contributed by atoms with Gasteiger partial charge in [-0.15, -0.1) is 0 Å². The second-order valence-corrected chi connectivity index (χ2v) is 10.5. The summed E-state index contributed by atoms with van der Waals surface area (Å²) in [7, 11) is -0.958. The summed E-state index contributed by atoms with van der Waals surface area (Å²) in [6, 6.07) is 17.5. The van der Waals surface area contributed by atoms with Crippen LogP contribution in [0.5, 0.6) is 5.75 Å². The molecule has 1 atom stereocenters. The van der Waals surface area contributed by atoms with Crippen molar-refractivity contribution in [2.24, 2.45) is 0 Å². The molecule has 0 aliphatic rings. The normalized spacial score (nSPS) is 12.9. The summed E-state index contributed by atoms with van der Waals surface area (Å²) < 4.78 is 34.7. The van der Waals surface area contributed by atoms with Gasteiger partial charge in [0.05, 0.1) is 22.5 Å². The van der Waals surface area contributed by atoms with E-state index in [1.165, 1.54) is 36.9 Å². The highest BCUT2D eigenvalue weighted by Crippen LogP contribution is 2.25. The first-order chi connectivity index (χ1) is 16.6. The van der Waals surface area contributed by atoms with E-state index in [-0.39, 0.29) is 30.1 Å². The molecule has 0 amide bonds. The quantitative estimate of drug-likeness (QED) is 0.373. The summed E-state index contributed by atoms with van der Waals surface area (Å²) in [6.45, 7) is 1.58. The molecule has 35 heavy (non-hydrogen) atoms. The van der Waals surface area contributed by atoms with Crippen molar-refractivity contribution in [3.05, 3.63) is 81.4 Å². The maximum atomic E-state index is 13.0. The molecule has 184 valence electrons. The second kappa shape index (κ2) is 9.65. The Bertz CT molecular complexity index is 1620. The number of sulfonamides is 1. The van der Waals surface area contributed by atoms with Crippen molar-refractivity contribution >= 4 is 31.8 Å². The first-order valence-corrected chi connectivity index (χ1v) is 12.6. The van der Waals surface area contributed by atoms with E-state index in [1.54, 1.807) is 13.0 Å². The zero-order valence-electron chi connectivity index (χ0n) is 19.7. The number of aliphatic hydroxyl groups is 1. The number of ether oxygens (including phenoxy) is 1. The Morgan fingerprint density at radius 3 is 2.34 bits per heavy atom. The van der Waals surface area contributed by atoms with Crippen molar-refractivity contribution in [2.45, 2.75) is 31.0 Å². The number of hydrogen-bond acceptors (Lipinski definition) is 6. The lowest BCUT2D eigenvalue weighted by Crippen LogP contribution is -2.43. The highest BCUT2D eigenvalue weighted by molar-refractivity contribution is 7.89. The smallest absolute Gasteiger partial charge is 0.317 e. The van der Waals surface area contributed by atoms with Crippen molar-refractivity contribution in [1.82, 2.24) is 13.4 Å². The molecule has 0 bridgehead atoms. The third kappa shape index (κ3) is 4.60. The van der Waals surface area contributed by atoms with Crippen LogP contribution in [0.15, 0.2) is 75.1 Å². The van der Waals surface area contributed by atoms with Gasteiger partial charge in [-0.1, -0.05) is 36.4 Å². The summed E-state index contributed by atoms with van der Waals surface area (Å²) >= 11 is 0. The lowest BCUT2D eigenvalue weighted by Gasteiger charge is -2.19. The molecule has 0 saturated carbocycles. The third-order valence-corrected chi connectivity index (χ3v) is 7.68. The first kappa shape index (κ1) is 24.6. The average Bonchev–Trinajstić information content (AvgIpc) is 2.85. The van der Waals surface area contributed by atoms with Gasteiger partial charge in [-0.05, 0) is 36.6 Å². The minimum Gasteiger partial charge on any atom is -0.490 e. The minimum absolute atomic E-state index is 0.0223. The van der Waals surface area contributed by atoms with Crippen LogP contribution in [0.25, 0.3) is 21.8 Å². The molecular weight excluding hydrogens is 470 g/mol. The molecule has 10 heteroatoms. The van der Waals surface area contributed by atoms with Gasteiger partial charge in [-0.25, -0.2) is 12.7 Å². The molecule has 0 radical (unpaired) electrons. The van der Waals surface area contributed by atoms with Crippen LogP contribution in [-0.4, -0.2) is 53.8 Å². The van der Waals surface area contributed by atoms with Crippen LogP contribution < -0.4 is 15.9 Å². The molecule has 0 fully saturated rings. The Morgan fingerprint density at radius 2 is 1.63 bits per heavy atom. The maximum Gasteiger partial charge on any atom is 0.317 e. The van der Waals surface area contributed by atoms with Crippen molar-refractivity contribution < 1.29 is 18.3 Å². The Morgan fingerprint density at radius 1 is 0.943 bits per heavy atom. The molecular formula is C25H27N3O6S. The van der Waals surface area contributed by atoms with Crippen molar-refractivity contribution in [1.29, 1.82) is 0 Å². The standard InChI is InChI=1S/C25H27N3O6S/c1-4-27-21-13-12-19(35(32,33)26(2)3)14-22(21)28(25(31)24(27)30)15-18(29)16-34-23-11-7-9-17-8-5-6-10-20(17)23/h5-14,18,29H,4,15-16H2,1-3H3. The number of aromatic nitrogens is 2. The van der Waals surface area contributed by atoms with Gasteiger partial charge in [0, 0.05) is 26.0 Å². The van der Waals surface area contributed by atoms with E-state index >= 15 is 0 Å². The number of aliphatic hydroxyl groups excluding tert-OH is 1. The van der Waals surface area contributed by atoms with E-state index < -0.39 is 27.2 Å². The van der Waals surface area contributed by atoms with Crippen LogP contribution in [0.3, 0.4) is 0 Å². The van der Waals surface area contributed by atoms with Crippen LogP contribution in [0.2, 0.25) is 0 Å². The number of aryl methyl sites for hydroxylation is 1. The van der Waals surface area contributed by atoms with Crippen molar-refractivity contribution in [2.75, 3.05) is 20.7 Å². The first-order valence-electron chi connectivity index (χ1n) is 11.1. The van der Waals surface area contributed by atoms with Gasteiger partial charge in [0.15, 0.2) is 0 Å². The van der Waals surface area contributed by atoms with Crippen LogP contribution in [0, 0.1) is 0 Å². The monoisotopic (exact) mass is 497 g/mol. The molecule has 1 N–H and O–H groups in total. The molecule has 0 spiro atoms. The van der Waals surface area contributed by atoms with Crippen LogP contribution >= 0.6 is 0 Å². The number of benzene rings is 3. The molecule has 0 aliphatic carbocycles. The van der Waals surface area contributed by atoms with E-state index in [4.69, 9.17) is 4.74 Å². The SMILES string of the molecule is CCn1c(=O)c(=O)n(CC(O)COc2cccc3ccccc23)c2cc(S(=O)(=O)N(C)C)ccc21. The van der Waals surface area contributed by atoms with Crippen molar-refractivity contribution in [3.63, 3.8) is 0 Å². The van der Waals surface area contributed by atoms with Crippen LogP contribution in [-0.2, 0) is 23.1 Å². The van der Waals surface area contributed by atoms with Gasteiger partial charge >= 0.3 is 11.1 Å². The number of rotatable bonds is 8. The summed E-state index contributed by atoms with van der Waals surface area (Å²) in [5.74, 6) is 0.583. The summed E-state index contributed by atoms with van der Waals surface area (Å²) in [5.41, 5.74) is -0.950. The second-order valence-electron chi connectivity index (χ2n) is 8.35. The summed E-state index contributed by atoms with van der Waals surface area (Å²) in [6.07, 6.45) is -1.14. The molecule has 1 heterocycles. The summed E-state index contributed by atoms with van der Waals surface area (Å²) in [5, 5.41) is 12.6. The maximum absolute atomic E-state index is 13.0. The Labute approximate surface area is 202 Å². The van der Waals surface area contributed by atoms with Gasteiger partial charge in [-0.3, -0.25) is 14.2 Å². The fraction of sp³-hybridized carbons (Fsp3) is 0.280. The van der Waals surface area contributed by atoms with Gasteiger partial charge in [0.1, 0.15) is 18.5 Å². The van der Waals surface area contributed by atoms with Crippen LogP contribution in [0.4, 0.5) is 0 Å². The van der Waals surface area contributed by atoms with E-state index in [2.05, 4.69) is 0 Å². The third-order valence-electron chi connectivity index (χ3n) is 5.87. The largest absolute Gasteiger partial charge is 0.490 e. The van der Waals surface area contributed by atoms with Gasteiger partial charge < -0.3 is 14.4 Å². The molecule has 4 aromatic rings. The summed E-state index contributed by atoms with van der Waals surface area (Å²) in [4.78, 5) is 25.7. The fourth-order valence-electron chi connectivity index (χ4n) is 4.03.